The summed E-state index contributed by atoms with van der Waals surface area (Å²) in [5, 5.41) is 11.7. The maximum atomic E-state index is 11.7. The minimum absolute atomic E-state index is 0.0540. The van der Waals surface area contributed by atoms with Crippen molar-refractivity contribution < 1.29 is 4.92 Å². The van der Waals surface area contributed by atoms with Gasteiger partial charge in [0, 0.05) is 45.8 Å². The van der Waals surface area contributed by atoms with Crippen molar-refractivity contribution >= 4 is 17.5 Å². The molecule has 0 radical (unpaired) electrons. The van der Waals surface area contributed by atoms with Crippen LogP contribution in [0.3, 0.4) is 0 Å². The highest BCUT2D eigenvalue weighted by molar-refractivity contribution is 5.63. The van der Waals surface area contributed by atoms with Crippen molar-refractivity contribution in [1.82, 2.24) is 14.9 Å². The first-order valence-corrected chi connectivity index (χ1v) is 10.4. The van der Waals surface area contributed by atoms with Crippen molar-refractivity contribution in [2.45, 2.75) is 32.7 Å². The van der Waals surface area contributed by atoms with Gasteiger partial charge in [0.05, 0.1) is 4.92 Å². The summed E-state index contributed by atoms with van der Waals surface area (Å²) in [6, 6.07) is 10.5. The van der Waals surface area contributed by atoms with E-state index in [2.05, 4.69) is 43.9 Å². The smallest absolute Gasteiger partial charge is 0.332 e. The fourth-order valence-electron chi connectivity index (χ4n) is 4.17. The third-order valence-corrected chi connectivity index (χ3v) is 5.77. The normalized spacial score (nSPS) is 18.1. The lowest BCUT2D eigenvalue weighted by atomic mass is 10.1. The van der Waals surface area contributed by atoms with Crippen molar-refractivity contribution in [1.29, 1.82) is 0 Å². The average Bonchev–Trinajstić information content (AvgIpc) is 2.75. The van der Waals surface area contributed by atoms with E-state index in [1.165, 1.54) is 12.0 Å². The number of aromatic nitrogens is 2. The van der Waals surface area contributed by atoms with Gasteiger partial charge in [0.15, 0.2) is 0 Å². The molecule has 2 aromatic rings. The molecule has 2 aliphatic rings. The third-order valence-electron chi connectivity index (χ3n) is 5.77. The van der Waals surface area contributed by atoms with Crippen molar-refractivity contribution in [3.05, 3.63) is 51.7 Å². The van der Waals surface area contributed by atoms with Gasteiger partial charge in [-0.25, -0.2) is 4.98 Å². The van der Waals surface area contributed by atoms with Crippen LogP contribution in [-0.2, 0) is 6.54 Å². The first kappa shape index (κ1) is 19.6. The maximum absolute atomic E-state index is 11.7. The summed E-state index contributed by atoms with van der Waals surface area (Å²) in [4.78, 5) is 27.2. The van der Waals surface area contributed by atoms with Crippen molar-refractivity contribution in [3.63, 3.8) is 0 Å². The molecule has 0 spiro atoms. The number of anilines is 2. The van der Waals surface area contributed by atoms with Gasteiger partial charge in [-0.05, 0) is 31.7 Å². The summed E-state index contributed by atoms with van der Waals surface area (Å²) < 4.78 is 0. The monoisotopic (exact) mass is 396 g/mol. The summed E-state index contributed by atoms with van der Waals surface area (Å²) in [5.74, 6) is 1.11. The van der Waals surface area contributed by atoms with E-state index < -0.39 is 0 Å². The molecule has 0 saturated carbocycles. The molecule has 3 heterocycles. The fraction of sp³-hybridized carbons (Fsp3) is 0.524. The second-order valence-electron chi connectivity index (χ2n) is 7.83. The molecule has 0 amide bonds. The number of piperazine rings is 1. The molecule has 8 heteroatoms. The highest BCUT2D eigenvalue weighted by atomic mass is 16.6. The molecule has 29 heavy (non-hydrogen) atoms. The first-order valence-electron chi connectivity index (χ1n) is 10.4. The lowest BCUT2D eigenvalue weighted by Crippen LogP contribution is -2.46. The quantitative estimate of drug-likeness (QED) is 0.568. The number of nitrogens with zero attached hydrogens (tertiary/aromatic N) is 6. The Labute approximate surface area is 171 Å². The second kappa shape index (κ2) is 8.73. The molecule has 154 valence electrons. The first-order chi connectivity index (χ1) is 14.1. The second-order valence-corrected chi connectivity index (χ2v) is 7.83. The van der Waals surface area contributed by atoms with E-state index >= 15 is 0 Å². The molecule has 0 N–H and O–H groups in total. The molecule has 8 nitrogen and oxygen atoms in total. The van der Waals surface area contributed by atoms with Gasteiger partial charge in [0.25, 0.3) is 0 Å². The number of aryl methyl sites for hydroxylation is 1. The fourth-order valence-corrected chi connectivity index (χ4v) is 4.17. The zero-order chi connectivity index (χ0) is 20.2. The Hall–Kier alpha value is -2.74. The molecule has 0 unspecified atom stereocenters. The molecule has 1 aromatic heterocycles. The molecule has 4 rings (SSSR count). The Morgan fingerprint density at radius 2 is 1.62 bits per heavy atom. The van der Waals surface area contributed by atoms with Crippen LogP contribution in [-0.4, -0.2) is 59.1 Å². The van der Waals surface area contributed by atoms with Gasteiger partial charge in [-0.2, -0.15) is 4.98 Å². The molecule has 1 aromatic carbocycles. The summed E-state index contributed by atoms with van der Waals surface area (Å²) in [6.45, 7) is 7.80. The molecule has 0 atom stereocenters. The highest BCUT2D eigenvalue weighted by Gasteiger charge is 2.29. The number of hydrogen-bond donors (Lipinski definition) is 0. The van der Waals surface area contributed by atoms with Crippen LogP contribution in [0.5, 0.6) is 0 Å². The molecule has 2 saturated heterocycles. The molecular weight excluding hydrogens is 368 g/mol. The van der Waals surface area contributed by atoms with E-state index in [1.807, 2.05) is 6.07 Å². The van der Waals surface area contributed by atoms with Crippen molar-refractivity contribution in [3.8, 4) is 0 Å². The van der Waals surface area contributed by atoms with E-state index in [4.69, 9.17) is 4.98 Å². The highest BCUT2D eigenvalue weighted by Crippen LogP contribution is 2.32. The van der Waals surface area contributed by atoms with Gasteiger partial charge in [-0.3, -0.25) is 15.0 Å². The standard InChI is InChI=1S/C21H28N6O2/c1-17-19(27(28)29)20(25-10-6-3-7-11-25)23-21(22-17)26-14-12-24(13-15-26)16-18-8-4-2-5-9-18/h2,4-5,8-9H,3,6-7,10-16H2,1H3. The predicted octanol–water partition coefficient (Wildman–Crippen LogP) is 3.01. The van der Waals surface area contributed by atoms with Gasteiger partial charge in [-0.1, -0.05) is 30.3 Å². The van der Waals surface area contributed by atoms with Crippen LogP contribution in [0.2, 0.25) is 0 Å². The number of benzene rings is 1. The van der Waals surface area contributed by atoms with Crippen molar-refractivity contribution in [2.24, 2.45) is 0 Å². The van der Waals surface area contributed by atoms with Crippen LogP contribution < -0.4 is 9.80 Å². The molecular formula is C21H28N6O2. The molecule has 2 fully saturated rings. The largest absolute Gasteiger partial charge is 0.351 e. The van der Waals surface area contributed by atoms with Crippen molar-refractivity contribution in [2.75, 3.05) is 49.1 Å². The zero-order valence-corrected chi connectivity index (χ0v) is 17.0. The van der Waals surface area contributed by atoms with E-state index in [1.54, 1.807) is 6.92 Å². The van der Waals surface area contributed by atoms with Crippen LogP contribution in [0.25, 0.3) is 0 Å². The Morgan fingerprint density at radius 1 is 0.931 bits per heavy atom. The topological polar surface area (TPSA) is 78.6 Å². The van der Waals surface area contributed by atoms with E-state index in [-0.39, 0.29) is 10.6 Å². The van der Waals surface area contributed by atoms with E-state index in [0.717, 1.165) is 58.7 Å². The van der Waals surface area contributed by atoms with Gasteiger partial charge >= 0.3 is 5.69 Å². The maximum Gasteiger partial charge on any atom is 0.332 e. The van der Waals surface area contributed by atoms with E-state index in [9.17, 15) is 10.1 Å². The van der Waals surface area contributed by atoms with Gasteiger partial charge < -0.3 is 9.80 Å². The van der Waals surface area contributed by atoms with Gasteiger partial charge in [-0.15, -0.1) is 0 Å². The lowest BCUT2D eigenvalue weighted by Gasteiger charge is -2.35. The minimum Gasteiger partial charge on any atom is -0.351 e. The molecule has 0 aliphatic carbocycles. The van der Waals surface area contributed by atoms with E-state index in [0.29, 0.717) is 17.5 Å². The lowest BCUT2D eigenvalue weighted by molar-refractivity contribution is -0.385. The Balaban J connectivity index is 1.50. The zero-order valence-electron chi connectivity index (χ0n) is 17.0. The number of piperidine rings is 1. The number of nitro groups is 1. The Morgan fingerprint density at radius 3 is 2.28 bits per heavy atom. The number of hydrogen-bond acceptors (Lipinski definition) is 7. The van der Waals surface area contributed by atoms with Crippen LogP contribution in [0, 0.1) is 17.0 Å². The van der Waals surface area contributed by atoms with Gasteiger partial charge in [0.2, 0.25) is 11.8 Å². The van der Waals surface area contributed by atoms with Crippen LogP contribution in [0.15, 0.2) is 30.3 Å². The van der Waals surface area contributed by atoms with Crippen LogP contribution in [0.4, 0.5) is 17.5 Å². The summed E-state index contributed by atoms with van der Waals surface area (Å²) >= 11 is 0. The molecule has 0 bridgehead atoms. The predicted molar refractivity (Wildman–Crippen MR) is 113 cm³/mol. The summed E-state index contributed by atoms with van der Waals surface area (Å²) in [5.41, 5.74) is 1.82. The Bertz CT molecular complexity index is 846. The van der Waals surface area contributed by atoms with Crippen LogP contribution in [0.1, 0.15) is 30.5 Å². The minimum atomic E-state index is -0.332. The third kappa shape index (κ3) is 4.48. The molecule has 2 aliphatic heterocycles. The summed E-state index contributed by atoms with van der Waals surface area (Å²) in [6.07, 6.45) is 3.27. The van der Waals surface area contributed by atoms with Crippen LogP contribution >= 0.6 is 0 Å². The summed E-state index contributed by atoms with van der Waals surface area (Å²) in [7, 11) is 0. The average molecular weight is 396 g/mol. The SMILES string of the molecule is Cc1nc(N2CCN(Cc3ccccc3)CC2)nc(N2CCCCC2)c1[N+](=O)[O-]. The van der Waals surface area contributed by atoms with Gasteiger partial charge in [0.1, 0.15) is 5.69 Å². The Kier molecular flexibility index (Phi) is 5.89. The number of rotatable bonds is 5.